The molecule has 2 bridgehead atoms. The van der Waals surface area contributed by atoms with Crippen LogP contribution in [0.1, 0.15) is 50.7 Å². The van der Waals surface area contributed by atoms with Crippen LogP contribution in [0.5, 0.6) is 0 Å². The Hall–Kier alpha value is -3.99. The number of rotatable bonds is 10. The second-order valence-electron chi connectivity index (χ2n) is 12.3. The number of amides is 3. The average molecular weight is 676 g/mol. The molecule has 2 heterocycles. The molecular formula is C35H39BrN4O5. The summed E-state index contributed by atoms with van der Waals surface area (Å²) in [6.07, 6.45) is 4.59. The van der Waals surface area contributed by atoms with Gasteiger partial charge in [0.05, 0.1) is 30.0 Å². The Labute approximate surface area is 272 Å². The molecule has 236 valence electrons. The van der Waals surface area contributed by atoms with Crippen molar-refractivity contribution in [2.45, 2.75) is 57.3 Å². The Bertz CT molecular complexity index is 1530. The van der Waals surface area contributed by atoms with Crippen molar-refractivity contribution in [1.82, 2.24) is 4.90 Å². The van der Waals surface area contributed by atoms with E-state index in [2.05, 4.69) is 36.8 Å². The quantitative estimate of drug-likeness (QED) is 0.199. The smallest absolute Gasteiger partial charge is 0.412 e. The molecular weight excluding hydrogens is 636 g/mol. The number of para-hydroxylation sites is 2. The zero-order valence-corrected chi connectivity index (χ0v) is 27.3. The summed E-state index contributed by atoms with van der Waals surface area (Å²) in [5.41, 5.74) is 2.71. The first-order chi connectivity index (χ1) is 21.5. The molecule has 0 aromatic heterocycles. The number of carbonyl (C=O) groups is 3. The molecule has 2 aliphatic heterocycles. The summed E-state index contributed by atoms with van der Waals surface area (Å²) in [5.74, 6) is -0.753. The number of anilines is 3. The minimum atomic E-state index is -0.646. The molecule has 5 rings (SSSR count). The maximum Gasteiger partial charge on any atom is 0.412 e. The molecule has 2 saturated heterocycles. The van der Waals surface area contributed by atoms with E-state index in [9.17, 15) is 14.4 Å². The maximum absolute atomic E-state index is 13.5. The predicted molar refractivity (Wildman–Crippen MR) is 180 cm³/mol. The van der Waals surface area contributed by atoms with Crippen molar-refractivity contribution < 1.29 is 23.9 Å². The van der Waals surface area contributed by atoms with E-state index in [1.807, 2.05) is 48.5 Å². The summed E-state index contributed by atoms with van der Waals surface area (Å²) >= 11 is 3.44. The normalized spacial score (nSPS) is 18.5. The van der Waals surface area contributed by atoms with Crippen LogP contribution in [0.3, 0.4) is 0 Å². The van der Waals surface area contributed by atoms with E-state index in [1.165, 1.54) is 6.08 Å². The fourth-order valence-electron chi connectivity index (χ4n) is 5.56. The van der Waals surface area contributed by atoms with Gasteiger partial charge in [0, 0.05) is 28.8 Å². The number of hydrogen-bond acceptors (Lipinski definition) is 6. The second kappa shape index (κ2) is 14.4. The number of likely N-dealkylation sites (tertiary alicyclic amines) is 1. The van der Waals surface area contributed by atoms with Gasteiger partial charge in [-0.3, -0.25) is 19.8 Å². The molecule has 2 fully saturated rings. The van der Waals surface area contributed by atoms with Gasteiger partial charge in [-0.1, -0.05) is 52.3 Å². The molecule has 2 aliphatic rings. The topological polar surface area (TPSA) is 109 Å². The van der Waals surface area contributed by atoms with Crippen molar-refractivity contribution in [3.05, 3.63) is 94.5 Å². The molecule has 0 spiro atoms. The van der Waals surface area contributed by atoms with Gasteiger partial charge in [0.15, 0.2) is 0 Å². The van der Waals surface area contributed by atoms with Crippen LogP contribution < -0.4 is 16.0 Å². The summed E-state index contributed by atoms with van der Waals surface area (Å²) in [5, 5.41) is 8.57. The van der Waals surface area contributed by atoms with E-state index in [0.29, 0.717) is 29.9 Å². The van der Waals surface area contributed by atoms with Crippen molar-refractivity contribution >= 4 is 57.0 Å². The Morgan fingerprint density at radius 2 is 1.67 bits per heavy atom. The molecule has 3 aromatic carbocycles. The number of halogens is 1. The van der Waals surface area contributed by atoms with E-state index in [-0.39, 0.29) is 17.7 Å². The highest BCUT2D eigenvalue weighted by Gasteiger charge is 2.39. The average Bonchev–Trinajstić information content (AvgIpc) is 3.62. The standard InChI is InChI=1S/C35H39BrN4O5/c1-35(2,3)45-34(43)39-31-7-5-4-6-30(31)38-32(41)17-10-23-8-11-24(12-9-23)29(18-19-40-21-28-20-27(40)22-44-28)33(42)37-26-15-13-25(36)14-16-26/h4-17,27-29H,18-22H2,1-3H3,(H,37,42)(H,38,41)(H,39,43)/t27-,28-,29?/m0/s1. The second-order valence-corrected chi connectivity index (χ2v) is 13.3. The number of morpholine rings is 1. The van der Waals surface area contributed by atoms with Crippen LogP contribution in [-0.4, -0.2) is 60.3 Å². The van der Waals surface area contributed by atoms with Crippen molar-refractivity contribution in [2.24, 2.45) is 0 Å². The summed E-state index contributed by atoms with van der Waals surface area (Å²) in [6, 6.07) is 22.6. The lowest BCUT2D eigenvalue weighted by molar-refractivity contribution is -0.118. The summed E-state index contributed by atoms with van der Waals surface area (Å²) in [6.45, 7) is 7.84. The number of ether oxygens (including phenoxy) is 2. The number of fused-ring (bicyclic) bond motifs is 2. The molecule has 3 N–H and O–H groups in total. The monoisotopic (exact) mass is 674 g/mol. The molecule has 0 radical (unpaired) electrons. The van der Waals surface area contributed by atoms with Crippen LogP contribution in [0.15, 0.2) is 83.3 Å². The van der Waals surface area contributed by atoms with Gasteiger partial charge in [-0.05, 0) is 93.8 Å². The van der Waals surface area contributed by atoms with Crippen molar-refractivity contribution in [3.8, 4) is 0 Å². The Morgan fingerprint density at radius 1 is 0.978 bits per heavy atom. The van der Waals surface area contributed by atoms with E-state index in [0.717, 1.165) is 47.4 Å². The maximum atomic E-state index is 13.5. The number of nitrogens with zero attached hydrogens (tertiary/aromatic N) is 1. The molecule has 0 saturated carbocycles. The van der Waals surface area contributed by atoms with E-state index < -0.39 is 11.7 Å². The van der Waals surface area contributed by atoms with E-state index in [4.69, 9.17) is 9.47 Å². The molecule has 3 amide bonds. The summed E-state index contributed by atoms with van der Waals surface area (Å²) < 4.78 is 12.0. The van der Waals surface area contributed by atoms with Gasteiger partial charge in [-0.15, -0.1) is 0 Å². The first kappa shape index (κ1) is 32.4. The van der Waals surface area contributed by atoms with Crippen LogP contribution >= 0.6 is 15.9 Å². The van der Waals surface area contributed by atoms with E-state index in [1.54, 1.807) is 51.1 Å². The van der Waals surface area contributed by atoms with Crippen LogP contribution in [0.2, 0.25) is 0 Å². The highest BCUT2D eigenvalue weighted by Crippen LogP contribution is 2.30. The third-order valence-electron chi connectivity index (χ3n) is 7.73. The third kappa shape index (κ3) is 9.26. The molecule has 1 unspecified atom stereocenters. The summed E-state index contributed by atoms with van der Waals surface area (Å²) in [4.78, 5) is 41.0. The van der Waals surface area contributed by atoms with Crippen molar-refractivity contribution in [3.63, 3.8) is 0 Å². The Morgan fingerprint density at radius 3 is 2.29 bits per heavy atom. The fraction of sp³-hybridized carbons (Fsp3) is 0.343. The van der Waals surface area contributed by atoms with Gasteiger partial charge < -0.3 is 20.1 Å². The van der Waals surface area contributed by atoms with Gasteiger partial charge in [0.1, 0.15) is 5.60 Å². The largest absolute Gasteiger partial charge is 0.444 e. The lowest BCUT2D eigenvalue weighted by atomic mass is 9.93. The lowest BCUT2D eigenvalue weighted by Crippen LogP contribution is -2.38. The van der Waals surface area contributed by atoms with Crippen LogP contribution in [-0.2, 0) is 19.1 Å². The number of nitrogens with one attached hydrogen (secondary N) is 3. The fourth-order valence-corrected chi connectivity index (χ4v) is 5.82. The first-order valence-electron chi connectivity index (χ1n) is 15.1. The van der Waals surface area contributed by atoms with Gasteiger partial charge in [-0.2, -0.15) is 0 Å². The zero-order chi connectivity index (χ0) is 32.0. The minimum Gasteiger partial charge on any atom is -0.444 e. The highest BCUT2D eigenvalue weighted by atomic mass is 79.9. The third-order valence-corrected chi connectivity index (χ3v) is 8.26. The minimum absolute atomic E-state index is 0.0562. The van der Waals surface area contributed by atoms with Gasteiger partial charge in [0.2, 0.25) is 11.8 Å². The van der Waals surface area contributed by atoms with Crippen LogP contribution in [0.4, 0.5) is 21.9 Å². The number of carbonyl (C=O) groups excluding carboxylic acids is 3. The van der Waals surface area contributed by atoms with Gasteiger partial charge in [-0.25, -0.2) is 4.79 Å². The number of benzene rings is 3. The molecule has 45 heavy (non-hydrogen) atoms. The molecule has 3 aromatic rings. The Balaban J connectivity index is 1.23. The first-order valence-corrected chi connectivity index (χ1v) is 15.9. The SMILES string of the molecule is CC(C)(C)OC(=O)Nc1ccccc1NC(=O)C=Cc1ccc(C(CCN2C[C@@H]3C[C@H]2CO3)C(=O)Nc2ccc(Br)cc2)cc1. The summed E-state index contributed by atoms with van der Waals surface area (Å²) in [7, 11) is 0. The molecule has 0 aliphatic carbocycles. The highest BCUT2D eigenvalue weighted by molar-refractivity contribution is 9.10. The molecule has 9 nitrogen and oxygen atoms in total. The molecule has 10 heteroatoms. The van der Waals surface area contributed by atoms with Crippen LogP contribution in [0, 0.1) is 0 Å². The zero-order valence-electron chi connectivity index (χ0n) is 25.7. The van der Waals surface area contributed by atoms with Crippen LogP contribution in [0.25, 0.3) is 6.08 Å². The number of hydrogen-bond donors (Lipinski definition) is 3. The van der Waals surface area contributed by atoms with E-state index >= 15 is 0 Å². The van der Waals surface area contributed by atoms with Gasteiger partial charge in [0.25, 0.3) is 0 Å². The van der Waals surface area contributed by atoms with Crippen molar-refractivity contribution in [2.75, 3.05) is 35.6 Å². The lowest BCUT2D eigenvalue weighted by Gasteiger charge is -2.28. The predicted octanol–water partition coefficient (Wildman–Crippen LogP) is 7.03. The van der Waals surface area contributed by atoms with Gasteiger partial charge >= 0.3 is 6.09 Å². The Kier molecular flexibility index (Phi) is 10.4. The molecule has 3 atom stereocenters. The van der Waals surface area contributed by atoms with Crippen molar-refractivity contribution in [1.29, 1.82) is 0 Å².